The van der Waals surface area contributed by atoms with Crippen LogP contribution in [0.4, 0.5) is 0 Å². The highest BCUT2D eigenvalue weighted by molar-refractivity contribution is 5.79. The summed E-state index contributed by atoms with van der Waals surface area (Å²) in [7, 11) is 1.97. The first-order valence-electron chi connectivity index (χ1n) is 11.1. The van der Waals surface area contributed by atoms with Gasteiger partial charge in [-0.25, -0.2) is 0 Å². The molecule has 5 rings (SSSR count). The fourth-order valence-corrected chi connectivity index (χ4v) is 4.66. The average Bonchev–Trinajstić information content (AvgIpc) is 3.40. The maximum Gasteiger partial charge on any atom is 0.320 e. The van der Waals surface area contributed by atoms with E-state index in [1.165, 1.54) is 27.8 Å². The quantitative estimate of drug-likeness (QED) is 0.359. The summed E-state index contributed by atoms with van der Waals surface area (Å²) in [4.78, 5) is 14.7. The average molecular weight is 426 g/mol. The highest BCUT2D eigenvalue weighted by Gasteiger charge is 2.29. The van der Waals surface area contributed by atoms with E-state index in [4.69, 9.17) is 9.15 Å². The molecular weight excluding hydrogens is 398 g/mol. The number of furan rings is 1. The summed E-state index contributed by atoms with van der Waals surface area (Å²) in [6.45, 7) is 2.77. The van der Waals surface area contributed by atoms with Crippen LogP contribution < -0.4 is 0 Å². The zero-order valence-corrected chi connectivity index (χ0v) is 18.5. The number of carbonyl (C=O) groups excluding carboxylic acids is 1. The number of hydrogen-bond donors (Lipinski definition) is 0. The molecule has 0 fully saturated rings. The van der Waals surface area contributed by atoms with Crippen LogP contribution in [-0.4, -0.2) is 37.1 Å². The van der Waals surface area contributed by atoms with Gasteiger partial charge in [-0.3, -0.25) is 9.69 Å². The van der Waals surface area contributed by atoms with Gasteiger partial charge in [0, 0.05) is 17.3 Å². The van der Waals surface area contributed by atoms with Crippen molar-refractivity contribution in [1.29, 1.82) is 0 Å². The maximum absolute atomic E-state index is 12.7. The molecule has 3 aromatic carbocycles. The third kappa shape index (κ3) is 3.94. The molecule has 0 spiro atoms. The van der Waals surface area contributed by atoms with E-state index in [9.17, 15) is 4.79 Å². The zero-order valence-electron chi connectivity index (χ0n) is 18.5. The Bertz CT molecular complexity index is 1210. The van der Waals surface area contributed by atoms with Crippen LogP contribution in [0.25, 0.3) is 22.1 Å². The summed E-state index contributed by atoms with van der Waals surface area (Å²) >= 11 is 0. The standard InChI is InChI=1S/C28H27NO3/c1-19(15-20-11-12-27-21(16-20)13-14-31-27)29(2)17-28(30)32-18-26-24-9-5-3-7-22(24)23-8-4-6-10-25(23)26/h3-14,16,19,26H,15,17-18H2,1-2H3. The van der Waals surface area contributed by atoms with E-state index < -0.39 is 0 Å². The normalized spacial score (nSPS) is 13.8. The van der Waals surface area contributed by atoms with Gasteiger partial charge in [0.05, 0.1) is 12.8 Å². The molecule has 0 saturated heterocycles. The van der Waals surface area contributed by atoms with Gasteiger partial charge in [0.15, 0.2) is 0 Å². The third-order valence-electron chi connectivity index (χ3n) is 6.55. The molecule has 0 bridgehead atoms. The number of esters is 1. The lowest BCUT2D eigenvalue weighted by atomic mass is 9.98. The monoisotopic (exact) mass is 425 g/mol. The molecule has 4 heteroatoms. The van der Waals surface area contributed by atoms with E-state index in [1.807, 2.05) is 19.2 Å². The van der Waals surface area contributed by atoms with Gasteiger partial charge >= 0.3 is 5.97 Å². The molecule has 1 heterocycles. The Balaban J connectivity index is 1.19. The van der Waals surface area contributed by atoms with Crippen molar-refractivity contribution in [3.05, 3.63) is 95.7 Å². The Morgan fingerprint density at radius 3 is 2.41 bits per heavy atom. The van der Waals surface area contributed by atoms with Crippen molar-refractivity contribution in [3.8, 4) is 11.1 Å². The van der Waals surface area contributed by atoms with Crippen LogP contribution in [0.3, 0.4) is 0 Å². The lowest BCUT2D eigenvalue weighted by molar-refractivity contribution is -0.145. The van der Waals surface area contributed by atoms with Crippen LogP contribution >= 0.6 is 0 Å². The molecule has 4 nitrogen and oxygen atoms in total. The highest BCUT2D eigenvalue weighted by atomic mass is 16.5. The van der Waals surface area contributed by atoms with E-state index in [1.54, 1.807) is 6.26 Å². The van der Waals surface area contributed by atoms with Crippen molar-refractivity contribution in [2.75, 3.05) is 20.2 Å². The Morgan fingerprint density at radius 2 is 1.69 bits per heavy atom. The highest BCUT2D eigenvalue weighted by Crippen LogP contribution is 2.44. The predicted molar refractivity (Wildman–Crippen MR) is 127 cm³/mol. The van der Waals surface area contributed by atoms with Gasteiger partial charge in [0.1, 0.15) is 12.2 Å². The molecule has 1 aliphatic rings. The minimum atomic E-state index is -0.188. The molecule has 1 atom stereocenters. The first-order valence-corrected chi connectivity index (χ1v) is 11.1. The maximum atomic E-state index is 12.7. The molecule has 0 aliphatic heterocycles. The molecule has 162 valence electrons. The van der Waals surface area contributed by atoms with E-state index >= 15 is 0 Å². The van der Waals surface area contributed by atoms with Gasteiger partial charge in [-0.05, 0) is 66.4 Å². The van der Waals surface area contributed by atoms with Gasteiger partial charge in [-0.2, -0.15) is 0 Å². The minimum absolute atomic E-state index is 0.0933. The number of carbonyl (C=O) groups is 1. The van der Waals surface area contributed by atoms with Crippen molar-refractivity contribution < 1.29 is 13.9 Å². The predicted octanol–water partition coefficient (Wildman–Crippen LogP) is 5.65. The fourth-order valence-electron chi connectivity index (χ4n) is 4.66. The Labute approximate surface area is 188 Å². The summed E-state index contributed by atoms with van der Waals surface area (Å²) in [5.41, 5.74) is 7.07. The van der Waals surface area contributed by atoms with E-state index in [2.05, 4.69) is 72.5 Å². The van der Waals surface area contributed by atoms with Crippen molar-refractivity contribution in [2.24, 2.45) is 0 Å². The number of hydrogen-bond acceptors (Lipinski definition) is 4. The van der Waals surface area contributed by atoms with Crippen molar-refractivity contribution >= 4 is 16.9 Å². The van der Waals surface area contributed by atoms with E-state index in [0.29, 0.717) is 6.61 Å². The first-order chi connectivity index (χ1) is 15.6. The number of rotatable bonds is 7. The number of benzene rings is 3. The van der Waals surface area contributed by atoms with Gasteiger partial charge in [-0.15, -0.1) is 0 Å². The fraction of sp³-hybridized carbons (Fsp3) is 0.250. The number of fused-ring (bicyclic) bond motifs is 4. The third-order valence-corrected chi connectivity index (χ3v) is 6.55. The lowest BCUT2D eigenvalue weighted by Crippen LogP contribution is -2.36. The second-order valence-electron chi connectivity index (χ2n) is 8.67. The molecule has 4 aromatic rings. The smallest absolute Gasteiger partial charge is 0.320 e. The molecule has 0 N–H and O–H groups in total. The Morgan fingerprint density at radius 1 is 1.00 bits per heavy atom. The second kappa shape index (κ2) is 8.64. The molecule has 1 aliphatic carbocycles. The molecule has 0 saturated carbocycles. The SMILES string of the molecule is CC(Cc1ccc2occc2c1)N(C)CC(=O)OCC1c2ccccc2-c2ccccc21. The lowest BCUT2D eigenvalue weighted by Gasteiger charge is -2.24. The van der Waals surface area contributed by atoms with Gasteiger partial charge in [-0.1, -0.05) is 54.6 Å². The van der Waals surface area contributed by atoms with Crippen LogP contribution in [0.1, 0.15) is 29.5 Å². The van der Waals surface area contributed by atoms with Crippen LogP contribution in [0.5, 0.6) is 0 Å². The molecule has 0 radical (unpaired) electrons. The molecular formula is C28H27NO3. The summed E-state index contributed by atoms with van der Waals surface area (Å²) in [5.74, 6) is -0.0951. The topological polar surface area (TPSA) is 42.7 Å². The Hall–Kier alpha value is -3.37. The van der Waals surface area contributed by atoms with Crippen LogP contribution in [0, 0.1) is 0 Å². The molecule has 1 unspecified atom stereocenters. The van der Waals surface area contributed by atoms with E-state index in [-0.39, 0.29) is 24.5 Å². The molecule has 1 aromatic heterocycles. The number of likely N-dealkylation sites (N-methyl/N-ethyl adjacent to an activating group) is 1. The molecule has 0 amide bonds. The zero-order chi connectivity index (χ0) is 22.1. The van der Waals surface area contributed by atoms with Crippen LogP contribution in [-0.2, 0) is 16.0 Å². The van der Waals surface area contributed by atoms with Crippen molar-refractivity contribution in [3.63, 3.8) is 0 Å². The largest absolute Gasteiger partial charge is 0.464 e. The summed E-state index contributed by atoms with van der Waals surface area (Å²) in [6.07, 6.45) is 2.56. The minimum Gasteiger partial charge on any atom is -0.464 e. The first kappa shape index (κ1) is 20.5. The second-order valence-corrected chi connectivity index (χ2v) is 8.67. The van der Waals surface area contributed by atoms with Gasteiger partial charge in [0.25, 0.3) is 0 Å². The number of nitrogens with zero attached hydrogens (tertiary/aromatic N) is 1. The Kier molecular flexibility index (Phi) is 5.54. The van der Waals surface area contributed by atoms with Crippen LogP contribution in [0.15, 0.2) is 83.5 Å². The van der Waals surface area contributed by atoms with E-state index in [0.717, 1.165) is 17.4 Å². The van der Waals surface area contributed by atoms with Crippen LogP contribution in [0.2, 0.25) is 0 Å². The summed E-state index contributed by atoms with van der Waals surface area (Å²) in [5, 5.41) is 1.11. The van der Waals surface area contributed by atoms with Gasteiger partial charge < -0.3 is 9.15 Å². The van der Waals surface area contributed by atoms with Gasteiger partial charge in [0.2, 0.25) is 0 Å². The van der Waals surface area contributed by atoms with Crippen molar-refractivity contribution in [2.45, 2.75) is 25.3 Å². The molecule has 32 heavy (non-hydrogen) atoms. The number of ether oxygens (including phenoxy) is 1. The summed E-state index contributed by atoms with van der Waals surface area (Å²) < 4.78 is 11.2. The van der Waals surface area contributed by atoms with Crippen molar-refractivity contribution in [1.82, 2.24) is 4.90 Å². The summed E-state index contributed by atoms with van der Waals surface area (Å²) in [6, 6.07) is 25.2.